The van der Waals surface area contributed by atoms with Crippen LogP contribution in [0, 0.1) is 0 Å². The molecule has 2 heterocycles. The lowest BCUT2D eigenvalue weighted by Crippen LogP contribution is -2.13. The molecule has 0 aliphatic heterocycles. The quantitative estimate of drug-likeness (QED) is 0.814. The van der Waals surface area contributed by atoms with Gasteiger partial charge >= 0.3 is 0 Å². The van der Waals surface area contributed by atoms with Crippen LogP contribution < -0.4 is 5.32 Å². The fourth-order valence-electron chi connectivity index (χ4n) is 0.907. The summed E-state index contributed by atoms with van der Waals surface area (Å²) in [6, 6.07) is 1.46. The number of nitrogens with zero attached hydrogens (tertiary/aromatic N) is 3. The number of halogens is 1. The standard InChI is InChI=1S/C8H5ClN4OS/c9-6-1-7(11-3-10-6)13-8(14)5-2-15-4-12-5/h1-4H,(H,10,11,13,14). The maximum Gasteiger partial charge on any atom is 0.276 e. The molecule has 0 saturated carbocycles. The first-order valence-electron chi connectivity index (χ1n) is 3.93. The molecule has 2 aromatic heterocycles. The maximum absolute atomic E-state index is 11.5. The Morgan fingerprint density at radius 3 is 2.93 bits per heavy atom. The summed E-state index contributed by atoms with van der Waals surface area (Å²) in [5, 5.41) is 4.48. The third-order valence-corrected chi connectivity index (χ3v) is 2.33. The van der Waals surface area contributed by atoms with Crippen molar-refractivity contribution < 1.29 is 4.79 Å². The van der Waals surface area contributed by atoms with E-state index in [1.165, 1.54) is 23.7 Å². The van der Waals surface area contributed by atoms with Gasteiger partial charge in [0.1, 0.15) is 23.0 Å². The second-order valence-corrected chi connectivity index (χ2v) is 3.66. The Balaban J connectivity index is 2.13. The van der Waals surface area contributed by atoms with E-state index in [2.05, 4.69) is 20.3 Å². The SMILES string of the molecule is O=C(Nc1cc(Cl)ncn1)c1cscn1. The summed E-state index contributed by atoms with van der Waals surface area (Å²) in [6.07, 6.45) is 1.28. The van der Waals surface area contributed by atoms with Crippen LogP contribution in [0.5, 0.6) is 0 Å². The molecule has 0 spiro atoms. The highest BCUT2D eigenvalue weighted by Crippen LogP contribution is 2.10. The Morgan fingerprint density at radius 2 is 2.27 bits per heavy atom. The van der Waals surface area contributed by atoms with Crippen molar-refractivity contribution in [3.63, 3.8) is 0 Å². The van der Waals surface area contributed by atoms with Crippen molar-refractivity contribution >= 4 is 34.7 Å². The van der Waals surface area contributed by atoms with E-state index in [0.717, 1.165) is 0 Å². The van der Waals surface area contributed by atoms with Crippen molar-refractivity contribution in [2.24, 2.45) is 0 Å². The number of hydrogen-bond donors (Lipinski definition) is 1. The molecule has 1 N–H and O–H groups in total. The van der Waals surface area contributed by atoms with Crippen molar-refractivity contribution in [3.8, 4) is 0 Å². The van der Waals surface area contributed by atoms with E-state index >= 15 is 0 Å². The molecular formula is C8H5ClN4OS. The van der Waals surface area contributed by atoms with E-state index in [-0.39, 0.29) is 11.1 Å². The summed E-state index contributed by atoms with van der Waals surface area (Å²) < 4.78 is 0. The topological polar surface area (TPSA) is 67.8 Å². The highest BCUT2D eigenvalue weighted by molar-refractivity contribution is 7.07. The molecular weight excluding hydrogens is 236 g/mol. The van der Waals surface area contributed by atoms with Crippen LogP contribution in [0.3, 0.4) is 0 Å². The minimum Gasteiger partial charge on any atom is -0.305 e. The number of aromatic nitrogens is 3. The van der Waals surface area contributed by atoms with Gasteiger partial charge in [0.15, 0.2) is 0 Å². The van der Waals surface area contributed by atoms with Crippen molar-refractivity contribution in [1.29, 1.82) is 0 Å². The number of carbonyl (C=O) groups excluding carboxylic acids is 1. The smallest absolute Gasteiger partial charge is 0.276 e. The zero-order valence-corrected chi connectivity index (χ0v) is 8.92. The summed E-state index contributed by atoms with van der Waals surface area (Å²) in [7, 11) is 0. The van der Waals surface area contributed by atoms with Gasteiger partial charge in [-0.05, 0) is 0 Å². The average Bonchev–Trinajstić information content (AvgIpc) is 2.70. The third-order valence-electron chi connectivity index (χ3n) is 1.54. The summed E-state index contributed by atoms with van der Waals surface area (Å²) in [4.78, 5) is 22.9. The molecule has 0 radical (unpaired) electrons. The van der Waals surface area contributed by atoms with Crippen LogP contribution in [0.4, 0.5) is 5.82 Å². The Kier molecular flexibility index (Phi) is 2.89. The van der Waals surface area contributed by atoms with Gasteiger partial charge in [-0.1, -0.05) is 11.6 Å². The van der Waals surface area contributed by atoms with Crippen LogP contribution in [0.15, 0.2) is 23.3 Å². The molecule has 76 valence electrons. The van der Waals surface area contributed by atoms with E-state index in [1.54, 1.807) is 10.9 Å². The van der Waals surface area contributed by atoms with Gasteiger partial charge in [-0.25, -0.2) is 15.0 Å². The molecule has 0 atom stereocenters. The number of hydrogen-bond acceptors (Lipinski definition) is 5. The van der Waals surface area contributed by atoms with Crippen molar-refractivity contribution in [2.75, 3.05) is 5.32 Å². The highest BCUT2D eigenvalue weighted by Gasteiger charge is 2.08. The van der Waals surface area contributed by atoms with Gasteiger partial charge in [0.05, 0.1) is 5.51 Å². The van der Waals surface area contributed by atoms with E-state index in [1.807, 2.05) is 0 Å². The van der Waals surface area contributed by atoms with E-state index in [0.29, 0.717) is 11.5 Å². The normalized spacial score (nSPS) is 9.93. The van der Waals surface area contributed by atoms with Crippen molar-refractivity contribution in [2.45, 2.75) is 0 Å². The fraction of sp³-hybridized carbons (Fsp3) is 0. The van der Waals surface area contributed by atoms with E-state index in [4.69, 9.17) is 11.6 Å². The number of nitrogens with one attached hydrogen (secondary N) is 1. The molecule has 0 fully saturated rings. The number of thiazole rings is 1. The molecule has 2 rings (SSSR count). The summed E-state index contributed by atoms with van der Waals surface area (Å²) in [5.41, 5.74) is 1.94. The molecule has 0 aliphatic rings. The number of anilines is 1. The van der Waals surface area contributed by atoms with E-state index in [9.17, 15) is 4.79 Å². The lowest BCUT2D eigenvalue weighted by molar-refractivity contribution is 0.102. The summed E-state index contributed by atoms with van der Waals surface area (Å²) in [6.45, 7) is 0. The second kappa shape index (κ2) is 4.33. The van der Waals surface area contributed by atoms with E-state index < -0.39 is 0 Å². The molecule has 0 aromatic carbocycles. The van der Waals surface area contributed by atoms with Gasteiger partial charge in [-0.2, -0.15) is 0 Å². The van der Waals surface area contributed by atoms with Gasteiger partial charge < -0.3 is 5.32 Å². The molecule has 0 saturated heterocycles. The second-order valence-electron chi connectivity index (χ2n) is 2.55. The fourth-order valence-corrected chi connectivity index (χ4v) is 1.59. The maximum atomic E-state index is 11.5. The van der Waals surface area contributed by atoms with Crippen LogP contribution in [0.2, 0.25) is 5.15 Å². The summed E-state index contributed by atoms with van der Waals surface area (Å²) in [5.74, 6) is 0.0408. The van der Waals surface area contributed by atoms with Gasteiger partial charge in [0.2, 0.25) is 0 Å². The van der Waals surface area contributed by atoms with Crippen LogP contribution in [0.25, 0.3) is 0 Å². The minimum absolute atomic E-state index is 0.276. The predicted octanol–water partition coefficient (Wildman–Crippen LogP) is 1.84. The number of rotatable bonds is 2. The minimum atomic E-state index is -0.314. The van der Waals surface area contributed by atoms with Crippen LogP contribution in [0.1, 0.15) is 10.5 Å². The van der Waals surface area contributed by atoms with Crippen LogP contribution in [-0.4, -0.2) is 20.9 Å². The first kappa shape index (κ1) is 10.0. The molecule has 7 heteroatoms. The molecule has 0 unspecified atom stereocenters. The molecule has 0 bridgehead atoms. The average molecular weight is 241 g/mol. The predicted molar refractivity (Wildman–Crippen MR) is 57.1 cm³/mol. The Labute approximate surface area is 94.2 Å². The molecule has 1 amide bonds. The number of amides is 1. The lowest BCUT2D eigenvalue weighted by Gasteiger charge is -2.00. The van der Waals surface area contributed by atoms with Gasteiger partial charge in [-0.15, -0.1) is 11.3 Å². The lowest BCUT2D eigenvalue weighted by atomic mass is 10.4. The van der Waals surface area contributed by atoms with Crippen molar-refractivity contribution in [3.05, 3.63) is 34.1 Å². The van der Waals surface area contributed by atoms with Gasteiger partial charge in [0, 0.05) is 11.4 Å². The monoisotopic (exact) mass is 240 g/mol. The Morgan fingerprint density at radius 1 is 1.40 bits per heavy atom. The first-order valence-corrected chi connectivity index (χ1v) is 5.25. The van der Waals surface area contributed by atoms with Gasteiger partial charge in [-0.3, -0.25) is 4.79 Å². The van der Waals surface area contributed by atoms with Crippen LogP contribution >= 0.6 is 22.9 Å². The molecule has 5 nitrogen and oxygen atoms in total. The third kappa shape index (κ3) is 2.48. The first-order chi connectivity index (χ1) is 7.25. The Hall–Kier alpha value is -1.53. The zero-order valence-electron chi connectivity index (χ0n) is 7.35. The Bertz CT molecular complexity index is 473. The highest BCUT2D eigenvalue weighted by atomic mass is 35.5. The van der Waals surface area contributed by atoms with Gasteiger partial charge in [0.25, 0.3) is 5.91 Å². The largest absolute Gasteiger partial charge is 0.305 e. The number of carbonyl (C=O) groups is 1. The van der Waals surface area contributed by atoms with Crippen molar-refractivity contribution in [1.82, 2.24) is 15.0 Å². The molecule has 0 aliphatic carbocycles. The zero-order chi connectivity index (χ0) is 10.7. The summed E-state index contributed by atoms with van der Waals surface area (Å²) >= 11 is 6.99. The van der Waals surface area contributed by atoms with Crippen LogP contribution in [-0.2, 0) is 0 Å². The molecule has 2 aromatic rings. The molecule has 15 heavy (non-hydrogen) atoms.